The second kappa shape index (κ2) is 6.40. The molecule has 25 heavy (non-hydrogen) atoms. The number of carbonyl (C=O) groups is 1. The normalized spacial score (nSPS) is 16.3. The van der Waals surface area contributed by atoms with Crippen molar-refractivity contribution in [2.45, 2.75) is 25.8 Å². The monoisotopic (exact) mass is 360 g/mol. The third-order valence-corrected chi connectivity index (χ3v) is 4.83. The van der Waals surface area contributed by atoms with E-state index in [9.17, 15) is 18.3 Å². The highest BCUT2D eigenvalue weighted by Crippen LogP contribution is 2.32. The van der Waals surface area contributed by atoms with Crippen molar-refractivity contribution >= 4 is 21.6 Å². The van der Waals surface area contributed by atoms with Crippen molar-refractivity contribution < 1.29 is 18.3 Å². The van der Waals surface area contributed by atoms with Crippen LogP contribution in [0.25, 0.3) is 0 Å². The van der Waals surface area contributed by atoms with Crippen LogP contribution < -0.4 is 10.0 Å². The van der Waals surface area contributed by atoms with E-state index in [-0.39, 0.29) is 28.9 Å². The maximum atomic E-state index is 12.5. The van der Waals surface area contributed by atoms with Crippen LogP contribution in [0.15, 0.2) is 36.4 Å². The average molecular weight is 360 g/mol. The zero-order valence-corrected chi connectivity index (χ0v) is 14.9. The van der Waals surface area contributed by atoms with Gasteiger partial charge in [-0.15, -0.1) is 0 Å². The van der Waals surface area contributed by atoms with E-state index in [1.54, 1.807) is 0 Å². The number of phenols is 1. The number of benzene rings is 2. The first-order chi connectivity index (χ1) is 11.7. The molecule has 1 amide bonds. The van der Waals surface area contributed by atoms with Gasteiger partial charge in [0.15, 0.2) is 0 Å². The SMILES string of the molecule is Cc1ccc2c(c1)CC[C@H]2NC(=O)c1ccc(NS(C)(=O)=O)cc1O. The smallest absolute Gasteiger partial charge is 0.255 e. The number of amides is 1. The molecule has 3 N–H and O–H groups in total. The molecule has 1 aliphatic rings. The van der Waals surface area contributed by atoms with Gasteiger partial charge in [-0.05, 0) is 43.0 Å². The highest BCUT2D eigenvalue weighted by molar-refractivity contribution is 7.92. The van der Waals surface area contributed by atoms with Gasteiger partial charge in [0.05, 0.1) is 23.5 Å². The molecule has 2 aromatic carbocycles. The summed E-state index contributed by atoms with van der Waals surface area (Å²) >= 11 is 0. The lowest BCUT2D eigenvalue weighted by atomic mass is 10.0. The maximum Gasteiger partial charge on any atom is 0.255 e. The Labute approximate surface area is 146 Å². The second-order valence-corrected chi connectivity index (χ2v) is 8.12. The van der Waals surface area contributed by atoms with Gasteiger partial charge < -0.3 is 10.4 Å². The highest BCUT2D eigenvalue weighted by Gasteiger charge is 2.25. The molecule has 3 rings (SSSR count). The summed E-state index contributed by atoms with van der Waals surface area (Å²) in [5.74, 6) is -0.657. The first-order valence-electron chi connectivity index (χ1n) is 7.94. The number of carbonyl (C=O) groups excluding carboxylic acids is 1. The lowest BCUT2D eigenvalue weighted by Gasteiger charge is -2.15. The number of hydrogen-bond donors (Lipinski definition) is 3. The molecule has 0 aromatic heterocycles. The van der Waals surface area contributed by atoms with Crippen LogP contribution in [0.1, 0.15) is 39.5 Å². The minimum Gasteiger partial charge on any atom is -0.507 e. The number of phenolic OH excluding ortho intramolecular Hbond substituents is 1. The summed E-state index contributed by atoms with van der Waals surface area (Å²) in [6, 6.07) is 10.2. The van der Waals surface area contributed by atoms with E-state index < -0.39 is 10.0 Å². The topological polar surface area (TPSA) is 95.5 Å². The van der Waals surface area contributed by atoms with Crippen LogP contribution in [0.2, 0.25) is 0 Å². The number of anilines is 1. The van der Waals surface area contributed by atoms with Crippen molar-refractivity contribution in [1.29, 1.82) is 0 Å². The van der Waals surface area contributed by atoms with Gasteiger partial charge in [0.25, 0.3) is 5.91 Å². The number of aryl methyl sites for hydroxylation is 2. The predicted octanol–water partition coefficient (Wildman–Crippen LogP) is 2.49. The minimum absolute atomic E-state index is 0.0867. The zero-order chi connectivity index (χ0) is 18.2. The third-order valence-electron chi connectivity index (χ3n) is 4.23. The Morgan fingerprint density at radius 3 is 2.64 bits per heavy atom. The van der Waals surface area contributed by atoms with Gasteiger partial charge in [0.1, 0.15) is 5.75 Å². The molecule has 2 aromatic rings. The summed E-state index contributed by atoms with van der Waals surface area (Å²) in [5.41, 5.74) is 3.85. The first kappa shape index (κ1) is 17.3. The molecule has 1 aliphatic carbocycles. The molecule has 0 bridgehead atoms. The summed E-state index contributed by atoms with van der Waals surface area (Å²) < 4.78 is 24.7. The largest absolute Gasteiger partial charge is 0.507 e. The molecule has 0 heterocycles. The van der Waals surface area contributed by atoms with Crippen molar-refractivity contribution in [3.8, 4) is 5.75 Å². The van der Waals surface area contributed by atoms with Crippen LogP contribution >= 0.6 is 0 Å². The number of fused-ring (bicyclic) bond motifs is 1. The van der Waals surface area contributed by atoms with Crippen molar-refractivity contribution in [2.75, 3.05) is 11.0 Å². The fraction of sp³-hybridized carbons (Fsp3) is 0.278. The van der Waals surface area contributed by atoms with Gasteiger partial charge in [-0.25, -0.2) is 8.42 Å². The minimum atomic E-state index is -3.44. The summed E-state index contributed by atoms with van der Waals surface area (Å²) in [6.45, 7) is 2.04. The van der Waals surface area contributed by atoms with Crippen LogP contribution in [0.5, 0.6) is 5.75 Å². The fourth-order valence-electron chi connectivity index (χ4n) is 3.13. The number of nitrogens with one attached hydrogen (secondary N) is 2. The standard InChI is InChI=1S/C18H20N2O4S/c1-11-3-6-14-12(9-11)4-8-16(14)19-18(22)15-7-5-13(10-17(15)21)20-25(2,23)24/h3,5-7,9-10,16,20-21H,4,8H2,1-2H3,(H,19,22)/t16-/m1/s1. The predicted molar refractivity (Wildman–Crippen MR) is 96.3 cm³/mol. The molecular weight excluding hydrogens is 340 g/mol. The Kier molecular flexibility index (Phi) is 4.43. The number of hydrogen-bond acceptors (Lipinski definition) is 4. The molecule has 0 aliphatic heterocycles. The van der Waals surface area contributed by atoms with E-state index in [0.717, 1.165) is 24.7 Å². The Morgan fingerprint density at radius 2 is 1.96 bits per heavy atom. The zero-order valence-electron chi connectivity index (χ0n) is 14.0. The van der Waals surface area contributed by atoms with Crippen LogP contribution in [0, 0.1) is 6.92 Å². The van der Waals surface area contributed by atoms with Crippen molar-refractivity contribution in [3.63, 3.8) is 0 Å². The number of sulfonamides is 1. The van der Waals surface area contributed by atoms with Gasteiger partial charge >= 0.3 is 0 Å². The lowest BCUT2D eigenvalue weighted by molar-refractivity contribution is 0.0934. The van der Waals surface area contributed by atoms with Crippen LogP contribution in [0.3, 0.4) is 0 Å². The molecular formula is C18H20N2O4S. The molecule has 0 saturated carbocycles. The summed E-state index contributed by atoms with van der Waals surface area (Å²) in [5, 5.41) is 13.0. The molecule has 0 saturated heterocycles. The molecule has 6 nitrogen and oxygen atoms in total. The molecule has 0 unspecified atom stereocenters. The van der Waals surface area contributed by atoms with Gasteiger partial charge in [-0.1, -0.05) is 23.8 Å². The van der Waals surface area contributed by atoms with Crippen molar-refractivity contribution in [3.05, 3.63) is 58.7 Å². The van der Waals surface area contributed by atoms with Gasteiger partial charge in [-0.3, -0.25) is 9.52 Å². The Morgan fingerprint density at radius 1 is 1.20 bits per heavy atom. The van der Waals surface area contributed by atoms with Gasteiger partial charge in [0.2, 0.25) is 10.0 Å². The molecule has 132 valence electrons. The maximum absolute atomic E-state index is 12.5. The number of rotatable bonds is 4. The summed E-state index contributed by atoms with van der Waals surface area (Å²) in [4.78, 5) is 12.5. The Bertz CT molecular complexity index is 938. The highest BCUT2D eigenvalue weighted by atomic mass is 32.2. The number of aromatic hydroxyl groups is 1. The van der Waals surface area contributed by atoms with Crippen LogP contribution in [-0.2, 0) is 16.4 Å². The van der Waals surface area contributed by atoms with Crippen LogP contribution in [-0.4, -0.2) is 25.7 Å². The van der Waals surface area contributed by atoms with E-state index in [4.69, 9.17) is 0 Å². The molecule has 0 spiro atoms. The van der Waals surface area contributed by atoms with E-state index >= 15 is 0 Å². The molecule has 0 radical (unpaired) electrons. The van der Waals surface area contributed by atoms with Gasteiger partial charge in [0, 0.05) is 6.07 Å². The fourth-order valence-corrected chi connectivity index (χ4v) is 3.69. The summed E-state index contributed by atoms with van der Waals surface area (Å²) in [7, 11) is -3.44. The molecule has 7 heteroatoms. The van der Waals surface area contributed by atoms with E-state index in [2.05, 4.69) is 16.1 Å². The first-order valence-corrected chi connectivity index (χ1v) is 9.83. The van der Waals surface area contributed by atoms with E-state index in [0.29, 0.717) is 0 Å². The van der Waals surface area contributed by atoms with Crippen LogP contribution in [0.4, 0.5) is 5.69 Å². The van der Waals surface area contributed by atoms with Gasteiger partial charge in [-0.2, -0.15) is 0 Å². The Hall–Kier alpha value is -2.54. The van der Waals surface area contributed by atoms with E-state index in [1.807, 2.05) is 19.1 Å². The lowest BCUT2D eigenvalue weighted by Crippen LogP contribution is -2.27. The average Bonchev–Trinajstić information content (AvgIpc) is 2.87. The van der Waals surface area contributed by atoms with E-state index in [1.165, 1.54) is 29.3 Å². The van der Waals surface area contributed by atoms with Crippen molar-refractivity contribution in [2.24, 2.45) is 0 Å². The quantitative estimate of drug-likeness (QED) is 0.780. The molecule has 1 atom stereocenters. The second-order valence-electron chi connectivity index (χ2n) is 6.37. The summed E-state index contributed by atoms with van der Waals surface area (Å²) in [6.07, 6.45) is 2.74. The van der Waals surface area contributed by atoms with Crippen molar-refractivity contribution in [1.82, 2.24) is 5.32 Å². The third kappa shape index (κ3) is 3.93. The molecule has 0 fully saturated rings. The Balaban J connectivity index is 1.77.